The lowest BCUT2D eigenvalue weighted by atomic mass is 10.2. The van der Waals surface area contributed by atoms with E-state index in [0.717, 1.165) is 17.1 Å². The Labute approximate surface area is 144 Å². The van der Waals surface area contributed by atoms with Crippen molar-refractivity contribution in [1.82, 2.24) is 0 Å². The molecule has 0 bridgehead atoms. The molecule has 0 unspecified atom stereocenters. The zero-order chi connectivity index (χ0) is 16.5. The number of hydrogen-bond donors (Lipinski definition) is 0. The molecule has 0 saturated carbocycles. The summed E-state index contributed by atoms with van der Waals surface area (Å²) in [5.74, 6) is 1.76. The number of hydrogen-bond acceptors (Lipinski definition) is 6. The third kappa shape index (κ3) is 8.06. The van der Waals surface area contributed by atoms with Crippen LogP contribution in [0.2, 0.25) is 0 Å². The van der Waals surface area contributed by atoms with Crippen LogP contribution in [0, 0.1) is 0 Å². The minimum atomic E-state index is 0.236. The molecule has 3 rings (SSSR count). The number of allylic oxidation sites excluding steroid dienone is 2. The van der Waals surface area contributed by atoms with E-state index in [1.807, 2.05) is 32.3 Å². The van der Waals surface area contributed by atoms with Crippen molar-refractivity contribution in [3.63, 3.8) is 0 Å². The van der Waals surface area contributed by atoms with E-state index in [0.29, 0.717) is 18.0 Å². The molecule has 0 aromatic carbocycles. The Hall–Kier alpha value is -0.720. The number of carbonyl (C=O) groups excluding carboxylic acids is 3. The van der Waals surface area contributed by atoms with Gasteiger partial charge in [-0.1, -0.05) is 58.6 Å². The van der Waals surface area contributed by atoms with Crippen molar-refractivity contribution in [2.75, 3.05) is 11.5 Å². The fourth-order valence-corrected chi connectivity index (χ4v) is 3.95. The quantitative estimate of drug-likeness (QED) is 0.601. The minimum Gasteiger partial charge on any atom is -0.287 e. The van der Waals surface area contributed by atoms with E-state index >= 15 is 0 Å². The normalized spacial score (nSPS) is 20.3. The van der Waals surface area contributed by atoms with Gasteiger partial charge < -0.3 is 0 Å². The van der Waals surface area contributed by atoms with Gasteiger partial charge in [0.1, 0.15) is 0 Å². The molecule has 0 aromatic heterocycles. The molecule has 0 atom stereocenters. The Bertz CT molecular complexity index is 545. The Morgan fingerprint density at radius 1 is 0.818 bits per heavy atom. The summed E-state index contributed by atoms with van der Waals surface area (Å²) < 4.78 is 0. The molecule has 3 nitrogen and oxygen atoms in total. The van der Waals surface area contributed by atoms with E-state index < -0.39 is 0 Å². The zero-order valence-corrected chi connectivity index (χ0v) is 15.5. The van der Waals surface area contributed by atoms with Crippen LogP contribution in [0.4, 0.5) is 0 Å². The van der Waals surface area contributed by atoms with Crippen LogP contribution in [0.25, 0.3) is 0 Å². The summed E-state index contributed by atoms with van der Waals surface area (Å²) in [5, 5.41) is 2.73. The second kappa shape index (κ2) is 10.1. The first kappa shape index (κ1) is 19.3. The van der Waals surface area contributed by atoms with Gasteiger partial charge in [0.05, 0.1) is 0 Å². The average molecular weight is 357 g/mol. The molecule has 3 heterocycles. The topological polar surface area (TPSA) is 51.2 Å². The average Bonchev–Trinajstić information content (AvgIpc) is 3.00. The highest BCUT2D eigenvalue weighted by atomic mass is 32.2. The van der Waals surface area contributed by atoms with Gasteiger partial charge in [0.15, 0.2) is 10.2 Å². The molecule has 3 aliphatic rings. The lowest BCUT2D eigenvalue weighted by molar-refractivity contribution is -0.111. The van der Waals surface area contributed by atoms with Crippen LogP contribution >= 0.6 is 35.3 Å². The molecule has 22 heavy (non-hydrogen) atoms. The third-order valence-electron chi connectivity index (χ3n) is 2.84. The van der Waals surface area contributed by atoms with E-state index in [4.69, 9.17) is 0 Å². The summed E-state index contributed by atoms with van der Waals surface area (Å²) in [6.45, 7) is 5.82. The standard InChI is InChI=1S/C6H8OS.2C5H6OS/c1-5-2-3-8-6(7)4-5;1-4-2-5(6)7-3-4;1-4-2-3-7-5(4)6/h2H,3-4H2,1H3;3H,2H2,1H3;2H,3H2,1H3. The van der Waals surface area contributed by atoms with Gasteiger partial charge in [-0.05, 0) is 26.2 Å². The lowest BCUT2D eigenvalue weighted by Crippen LogP contribution is -1.98. The monoisotopic (exact) mass is 356 g/mol. The summed E-state index contributed by atoms with van der Waals surface area (Å²) in [5.41, 5.74) is 3.31. The second-order valence-corrected chi connectivity index (χ2v) is 8.02. The Balaban J connectivity index is 0.000000166. The highest BCUT2D eigenvalue weighted by Gasteiger charge is 2.09. The molecule has 0 amide bonds. The SMILES string of the molecule is CC1=CCSC(=O)C1.CC1=CCSC1=O.CC1=CSC(=O)C1. The molecule has 6 heteroatoms. The second-order valence-electron chi connectivity index (χ2n) is 5.03. The predicted octanol–water partition coefficient (Wildman–Crippen LogP) is 4.36. The largest absolute Gasteiger partial charge is 0.287 e. The van der Waals surface area contributed by atoms with Crippen LogP contribution in [0.3, 0.4) is 0 Å². The molecule has 120 valence electrons. The van der Waals surface area contributed by atoms with E-state index in [-0.39, 0.29) is 10.2 Å². The molecule has 0 radical (unpaired) electrons. The highest BCUT2D eigenvalue weighted by molar-refractivity contribution is 8.16. The smallest absolute Gasteiger partial charge is 0.215 e. The molecule has 0 N–H and O–H groups in total. The number of rotatable bonds is 0. The summed E-state index contributed by atoms with van der Waals surface area (Å²) in [4.78, 5) is 31.4. The Morgan fingerprint density at radius 2 is 1.45 bits per heavy atom. The molecule has 0 spiro atoms. The van der Waals surface area contributed by atoms with Gasteiger partial charge in [-0.3, -0.25) is 14.4 Å². The van der Waals surface area contributed by atoms with Crippen LogP contribution in [-0.4, -0.2) is 26.9 Å². The third-order valence-corrected chi connectivity index (χ3v) is 5.48. The first-order valence-electron chi connectivity index (χ1n) is 6.88. The molecule has 0 aliphatic carbocycles. The maximum atomic E-state index is 10.6. The molecule has 0 aromatic rings. The van der Waals surface area contributed by atoms with Gasteiger partial charge in [-0.15, -0.1) is 0 Å². The first-order valence-corrected chi connectivity index (χ1v) is 9.74. The van der Waals surface area contributed by atoms with Crippen molar-refractivity contribution in [2.24, 2.45) is 0 Å². The molecule has 0 saturated heterocycles. The number of thioether (sulfide) groups is 3. The van der Waals surface area contributed by atoms with E-state index in [9.17, 15) is 14.4 Å². The van der Waals surface area contributed by atoms with Crippen LogP contribution < -0.4 is 0 Å². The van der Waals surface area contributed by atoms with Crippen molar-refractivity contribution < 1.29 is 14.4 Å². The van der Waals surface area contributed by atoms with Crippen molar-refractivity contribution in [1.29, 1.82) is 0 Å². The van der Waals surface area contributed by atoms with Gasteiger partial charge in [0.2, 0.25) is 5.12 Å². The van der Waals surface area contributed by atoms with Gasteiger partial charge in [0.25, 0.3) is 0 Å². The van der Waals surface area contributed by atoms with Crippen molar-refractivity contribution in [3.8, 4) is 0 Å². The van der Waals surface area contributed by atoms with E-state index in [2.05, 4.69) is 6.08 Å². The van der Waals surface area contributed by atoms with Gasteiger partial charge in [-0.2, -0.15) is 0 Å². The fraction of sp³-hybridized carbons (Fsp3) is 0.438. The highest BCUT2D eigenvalue weighted by Crippen LogP contribution is 2.22. The Morgan fingerprint density at radius 3 is 1.68 bits per heavy atom. The Kier molecular flexibility index (Phi) is 8.90. The van der Waals surface area contributed by atoms with Crippen molar-refractivity contribution in [2.45, 2.75) is 33.6 Å². The van der Waals surface area contributed by atoms with Crippen LogP contribution in [0.15, 0.2) is 34.3 Å². The fourth-order valence-electron chi connectivity index (χ4n) is 1.54. The molecular weight excluding hydrogens is 336 g/mol. The van der Waals surface area contributed by atoms with Crippen molar-refractivity contribution >= 4 is 50.6 Å². The minimum absolute atomic E-state index is 0.236. The van der Waals surface area contributed by atoms with Crippen LogP contribution in [0.5, 0.6) is 0 Å². The van der Waals surface area contributed by atoms with E-state index in [1.54, 1.807) is 0 Å². The van der Waals surface area contributed by atoms with Crippen molar-refractivity contribution in [3.05, 3.63) is 34.3 Å². The summed E-state index contributed by atoms with van der Waals surface area (Å²) in [6, 6.07) is 0. The lowest BCUT2D eigenvalue weighted by Gasteiger charge is -2.04. The number of carbonyl (C=O) groups is 3. The first-order chi connectivity index (χ1) is 10.4. The van der Waals surface area contributed by atoms with E-state index in [1.165, 1.54) is 46.4 Å². The molecule has 3 aliphatic heterocycles. The van der Waals surface area contributed by atoms with Crippen LogP contribution in [0.1, 0.15) is 33.6 Å². The van der Waals surface area contributed by atoms with Gasteiger partial charge in [0, 0.05) is 29.9 Å². The summed E-state index contributed by atoms with van der Waals surface area (Å²) in [7, 11) is 0. The summed E-state index contributed by atoms with van der Waals surface area (Å²) in [6.07, 6.45) is 5.37. The maximum absolute atomic E-state index is 10.6. The zero-order valence-electron chi connectivity index (χ0n) is 13.0. The molecular formula is C16H20O3S3. The predicted molar refractivity (Wildman–Crippen MR) is 98.0 cm³/mol. The van der Waals surface area contributed by atoms with Gasteiger partial charge in [-0.25, -0.2) is 0 Å². The maximum Gasteiger partial charge on any atom is 0.215 e. The summed E-state index contributed by atoms with van der Waals surface area (Å²) >= 11 is 4.08. The van der Waals surface area contributed by atoms with Gasteiger partial charge >= 0.3 is 0 Å². The van der Waals surface area contributed by atoms with Crippen LogP contribution in [-0.2, 0) is 14.4 Å². The molecule has 0 fully saturated rings.